The van der Waals surface area contributed by atoms with Crippen LogP contribution in [0.1, 0.15) is 23.2 Å². The fourth-order valence-electron chi connectivity index (χ4n) is 2.17. The molecule has 1 atom stereocenters. The third-order valence-electron chi connectivity index (χ3n) is 3.11. The molecule has 1 heterocycles. The van der Waals surface area contributed by atoms with Gasteiger partial charge in [-0.05, 0) is 37.1 Å². The fraction of sp³-hybridized carbons (Fsp3) is 0.462. The van der Waals surface area contributed by atoms with E-state index in [9.17, 15) is 4.79 Å². The van der Waals surface area contributed by atoms with E-state index in [0.29, 0.717) is 5.56 Å². The van der Waals surface area contributed by atoms with E-state index >= 15 is 0 Å². The summed E-state index contributed by atoms with van der Waals surface area (Å²) >= 11 is 0. The number of nitrogens with two attached hydrogens (primary N) is 1. The molecule has 92 valence electrons. The summed E-state index contributed by atoms with van der Waals surface area (Å²) in [6.07, 6.45) is 2.22. The van der Waals surface area contributed by atoms with Gasteiger partial charge in [0.05, 0.1) is 12.7 Å². The summed E-state index contributed by atoms with van der Waals surface area (Å²) in [4.78, 5) is 13.6. The van der Waals surface area contributed by atoms with E-state index in [1.165, 1.54) is 7.11 Å². The maximum Gasteiger partial charge on any atom is 0.337 e. The number of rotatable bonds is 2. The standard InChI is InChI=1S/C13H18N2O2/c1-17-13(16)10-4-6-12(7-5-10)15-8-2-3-11(14)9-15/h4-7,11H,2-3,8-9,14H2,1H3. The average molecular weight is 234 g/mol. The quantitative estimate of drug-likeness (QED) is 0.786. The minimum Gasteiger partial charge on any atom is -0.465 e. The lowest BCUT2D eigenvalue weighted by Gasteiger charge is -2.32. The first-order valence-corrected chi connectivity index (χ1v) is 5.89. The van der Waals surface area contributed by atoms with Gasteiger partial charge < -0.3 is 15.4 Å². The van der Waals surface area contributed by atoms with E-state index in [0.717, 1.165) is 31.6 Å². The fourth-order valence-corrected chi connectivity index (χ4v) is 2.17. The molecule has 4 heteroatoms. The van der Waals surface area contributed by atoms with Gasteiger partial charge in [-0.15, -0.1) is 0 Å². The van der Waals surface area contributed by atoms with E-state index in [4.69, 9.17) is 5.73 Å². The van der Waals surface area contributed by atoms with Crippen LogP contribution in [-0.4, -0.2) is 32.2 Å². The van der Waals surface area contributed by atoms with Crippen LogP contribution < -0.4 is 10.6 Å². The van der Waals surface area contributed by atoms with Crippen LogP contribution in [-0.2, 0) is 4.74 Å². The molecule has 0 saturated carbocycles. The van der Waals surface area contributed by atoms with Gasteiger partial charge in [0.1, 0.15) is 0 Å². The van der Waals surface area contributed by atoms with Crippen molar-refractivity contribution in [3.05, 3.63) is 29.8 Å². The number of hydrogen-bond donors (Lipinski definition) is 1. The highest BCUT2D eigenvalue weighted by atomic mass is 16.5. The number of benzene rings is 1. The third kappa shape index (κ3) is 2.77. The first kappa shape index (κ1) is 11.9. The maximum absolute atomic E-state index is 11.3. The molecule has 1 aromatic carbocycles. The molecule has 2 N–H and O–H groups in total. The zero-order chi connectivity index (χ0) is 12.3. The van der Waals surface area contributed by atoms with Gasteiger partial charge in [-0.1, -0.05) is 0 Å². The highest BCUT2D eigenvalue weighted by Gasteiger charge is 2.17. The van der Waals surface area contributed by atoms with Crippen LogP contribution in [0.4, 0.5) is 5.69 Å². The van der Waals surface area contributed by atoms with Crippen molar-refractivity contribution in [1.82, 2.24) is 0 Å². The third-order valence-corrected chi connectivity index (χ3v) is 3.11. The number of anilines is 1. The van der Waals surface area contributed by atoms with Crippen LogP contribution in [0.5, 0.6) is 0 Å². The molecule has 1 fully saturated rings. The van der Waals surface area contributed by atoms with Crippen LogP contribution in [0, 0.1) is 0 Å². The molecular formula is C13H18N2O2. The summed E-state index contributed by atoms with van der Waals surface area (Å²) < 4.78 is 4.67. The summed E-state index contributed by atoms with van der Waals surface area (Å²) in [5.41, 5.74) is 7.65. The van der Waals surface area contributed by atoms with Crippen LogP contribution in [0.3, 0.4) is 0 Å². The lowest BCUT2D eigenvalue weighted by atomic mass is 10.1. The maximum atomic E-state index is 11.3. The van der Waals surface area contributed by atoms with Crippen molar-refractivity contribution in [1.29, 1.82) is 0 Å². The van der Waals surface area contributed by atoms with Gasteiger partial charge in [0.2, 0.25) is 0 Å². The Morgan fingerprint density at radius 3 is 2.71 bits per heavy atom. The molecule has 1 aromatic rings. The molecule has 1 saturated heterocycles. The summed E-state index contributed by atoms with van der Waals surface area (Å²) in [6, 6.07) is 7.74. The van der Waals surface area contributed by atoms with Gasteiger partial charge in [0.25, 0.3) is 0 Å². The lowest BCUT2D eigenvalue weighted by molar-refractivity contribution is 0.0601. The number of methoxy groups -OCH3 is 1. The Bertz CT molecular complexity index is 389. The van der Waals surface area contributed by atoms with Gasteiger partial charge in [0, 0.05) is 24.8 Å². The Morgan fingerprint density at radius 2 is 2.12 bits per heavy atom. The summed E-state index contributed by atoms with van der Waals surface area (Å²) in [5, 5.41) is 0. The van der Waals surface area contributed by atoms with Gasteiger partial charge in [-0.3, -0.25) is 0 Å². The summed E-state index contributed by atoms with van der Waals surface area (Å²) in [5.74, 6) is -0.299. The topological polar surface area (TPSA) is 55.6 Å². The second-order valence-corrected chi connectivity index (χ2v) is 4.39. The molecule has 2 rings (SSSR count). The Hall–Kier alpha value is -1.55. The molecule has 0 spiro atoms. The predicted octanol–water partition coefficient (Wildman–Crippen LogP) is 1.40. The predicted molar refractivity (Wildman–Crippen MR) is 67.2 cm³/mol. The van der Waals surface area contributed by atoms with Crippen molar-refractivity contribution in [3.63, 3.8) is 0 Å². The Balaban J connectivity index is 2.09. The molecule has 0 amide bonds. The molecule has 1 unspecified atom stereocenters. The molecule has 1 aliphatic heterocycles. The van der Waals surface area contributed by atoms with Crippen molar-refractivity contribution in [2.24, 2.45) is 5.73 Å². The van der Waals surface area contributed by atoms with Gasteiger partial charge in [-0.25, -0.2) is 4.79 Å². The van der Waals surface area contributed by atoms with Crippen molar-refractivity contribution >= 4 is 11.7 Å². The zero-order valence-electron chi connectivity index (χ0n) is 10.1. The minimum absolute atomic E-state index is 0.254. The summed E-state index contributed by atoms with van der Waals surface area (Å²) in [7, 11) is 1.39. The molecule has 0 bridgehead atoms. The second kappa shape index (κ2) is 5.19. The van der Waals surface area contributed by atoms with E-state index < -0.39 is 0 Å². The van der Waals surface area contributed by atoms with Crippen LogP contribution in [0.2, 0.25) is 0 Å². The minimum atomic E-state index is -0.299. The average Bonchev–Trinajstić information content (AvgIpc) is 2.38. The van der Waals surface area contributed by atoms with Gasteiger partial charge in [0.15, 0.2) is 0 Å². The molecule has 0 aliphatic carbocycles. The van der Waals surface area contributed by atoms with Gasteiger partial charge >= 0.3 is 5.97 Å². The molecule has 4 nitrogen and oxygen atoms in total. The van der Waals surface area contributed by atoms with Crippen molar-refractivity contribution in [2.75, 3.05) is 25.1 Å². The zero-order valence-corrected chi connectivity index (χ0v) is 10.1. The number of piperidine rings is 1. The Kier molecular flexibility index (Phi) is 3.64. The van der Waals surface area contributed by atoms with Crippen molar-refractivity contribution in [3.8, 4) is 0 Å². The first-order chi connectivity index (χ1) is 8.20. The first-order valence-electron chi connectivity index (χ1n) is 5.89. The van der Waals surface area contributed by atoms with Crippen LogP contribution >= 0.6 is 0 Å². The van der Waals surface area contributed by atoms with E-state index in [-0.39, 0.29) is 12.0 Å². The number of ether oxygens (including phenoxy) is 1. The van der Waals surface area contributed by atoms with Crippen molar-refractivity contribution in [2.45, 2.75) is 18.9 Å². The Morgan fingerprint density at radius 1 is 1.41 bits per heavy atom. The number of carbonyl (C=O) groups is 1. The monoisotopic (exact) mass is 234 g/mol. The number of esters is 1. The smallest absolute Gasteiger partial charge is 0.337 e. The molecular weight excluding hydrogens is 216 g/mol. The van der Waals surface area contributed by atoms with E-state index in [1.54, 1.807) is 12.1 Å². The van der Waals surface area contributed by atoms with E-state index in [1.807, 2.05) is 12.1 Å². The van der Waals surface area contributed by atoms with Crippen LogP contribution in [0.25, 0.3) is 0 Å². The van der Waals surface area contributed by atoms with Gasteiger partial charge in [-0.2, -0.15) is 0 Å². The number of carbonyl (C=O) groups excluding carboxylic acids is 1. The highest BCUT2D eigenvalue weighted by molar-refractivity contribution is 5.89. The molecule has 17 heavy (non-hydrogen) atoms. The largest absolute Gasteiger partial charge is 0.465 e. The lowest BCUT2D eigenvalue weighted by Crippen LogP contribution is -2.42. The number of hydrogen-bond acceptors (Lipinski definition) is 4. The van der Waals surface area contributed by atoms with Crippen LogP contribution in [0.15, 0.2) is 24.3 Å². The SMILES string of the molecule is COC(=O)c1ccc(N2CCCC(N)C2)cc1. The summed E-state index contributed by atoms with van der Waals surface area (Å²) in [6.45, 7) is 1.92. The molecule has 0 radical (unpaired) electrons. The second-order valence-electron chi connectivity index (χ2n) is 4.39. The van der Waals surface area contributed by atoms with Crippen molar-refractivity contribution < 1.29 is 9.53 Å². The Labute approximate surface area is 101 Å². The normalized spacial score (nSPS) is 20.1. The molecule has 1 aliphatic rings. The van der Waals surface area contributed by atoms with E-state index in [2.05, 4.69) is 9.64 Å². The highest BCUT2D eigenvalue weighted by Crippen LogP contribution is 2.20. The number of nitrogens with zero attached hydrogens (tertiary/aromatic N) is 1. The molecule has 0 aromatic heterocycles.